The molecule has 1 heterocycles. The molecular formula is C15H21N3O2. The summed E-state index contributed by atoms with van der Waals surface area (Å²) < 4.78 is 0. The predicted octanol–water partition coefficient (Wildman–Crippen LogP) is 1.37. The van der Waals surface area contributed by atoms with Gasteiger partial charge in [0.2, 0.25) is 5.91 Å². The quantitative estimate of drug-likeness (QED) is 0.874. The van der Waals surface area contributed by atoms with Crippen LogP contribution in [0.15, 0.2) is 24.3 Å². The number of nitrogens with two attached hydrogens (primary N) is 1. The van der Waals surface area contributed by atoms with Crippen molar-refractivity contribution in [3.8, 4) is 0 Å². The number of carbonyl (C=O) groups is 2. The van der Waals surface area contributed by atoms with Crippen LogP contribution in [-0.4, -0.2) is 36.5 Å². The van der Waals surface area contributed by atoms with Crippen molar-refractivity contribution < 1.29 is 9.59 Å². The molecule has 5 heteroatoms. The smallest absolute Gasteiger partial charge is 0.312 e. The van der Waals surface area contributed by atoms with Crippen molar-refractivity contribution in [2.24, 2.45) is 5.73 Å². The van der Waals surface area contributed by atoms with Gasteiger partial charge < -0.3 is 16.0 Å². The molecule has 0 radical (unpaired) electrons. The van der Waals surface area contributed by atoms with E-state index in [1.54, 1.807) is 0 Å². The van der Waals surface area contributed by atoms with Gasteiger partial charge in [-0.3, -0.25) is 4.79 Å². The summed E-state index contributed by atoms with van der Waals surface area (Å²) in [6, 6.07) is 7.77. The van der Waals surface area contributed by atoms with E-state index in [0.717, 1.165) is 19.4 Å². The summed E-state index contributed by atoms with van der Waals surface area (Å²) in [6.07, 6.45) is 2.08. The highest BCUT2D eigenvalue weighted by Crippen LogP contribution is 2.27. The summed E-state index contributed by atoms with van der Waals surface area (Å²) in [6.45, 7) is 3.52. The Morgan fingerprint density at radius 3 is 2.95 bits per heavy atom. The fourth-order valence-electron chi connectivity index (χ4n) is 2.67. The standard InChI is InChI=1S/C15H21N3O2/c1-11-4-2-5-12(8-11)13-6-3-7-18(10-13)14(19)9-17-15(16)20/h2,4-5,8,13H,3,6-7,9-10H2,1H3,(H3,16,17,20)/t13-/m0/s1. The molecule has 0 aliphatic carbocycles. The number of urea groups is 1. The zero-order valence-corrected chi connectivity index (χ0v) is 11.8. The van der Waals surface area contributed by atoms with Gasteiger partial charge in [0.25, 0.3) is 0 Å². The van der Waals surface area contributed by atoms with Crippen molar-refractivity contribution in [1.82, 2.24) is 10.2 Å². The van der Waals surface area contributed by atoms with Gasteiger partial charge in [-0.2, -0.15) is 0 Å². The van der Waals surface area contributed by atoms with Crippen molar-refractivity contribution in [1.29, 1.82) is 0 Å². The third-order valence-corrected chi connectivity index (χ3v) is 3.70. The van der Waals surface area contributed by atoms with E-state index in [9.17, 15) is 9.59 Å². The lowest BCUT2D eigenvalue weighted by Crippen LogP contribution is -2.45. The van der Waals surface area contributed by atoms with E-state index in [1.165, 1.54) is 11.1 Å². The van der Waals surface area contributed by atoms with Crippen LogP contribution >= 0.6 is 0 Å². The SMILES string of the molecule is Cc1cccc([C@H]2CCCN(C(=O)CNC(N)=O)C2)c1. The monoisotopic (exact) mass is 275 g/mol. The molecule has 1 aromatic rings. The first-order chi connectivity index (χ1) is 9.56. The van der Waals surface area contributed by atoms with Crippen molar-refractivity contribution in [3.63, 3.8) is 0 Å². The van der Waals surface area contributed by atoms with Crippen LogP contribution in [0.5, 0.6) is 0 Å². The van der Waals surface area contributed by atoms with Gasteiger partial charge in [-0.05, 0) is 25.3 Å². The third-order valence-electron chi connectivity index (χ3n) is 3.70. The van der Waals surface area contributed by atoms with E-state index in [0.29, 0.717) is 12.5 Å². The van der Waals surface area contributed by atoms with Gasteiger partial charge in [0, 0.05) is 19.0 Å². The second-order valence-electron chi connectivity index (χ2n) is 5.31. The maximum Gasteiger partial charge on any atom is 0.312 e. The number of aryl methyl sites for hydroxylation is 1. The Balaban J connectivity index is 1.98. The first kappa shape index (κ1) is 14.4. The topological polar surface area (TPSA) is 75.4 Å². The number of benzene rings is 1. The van der Waals surface area contributed by atoms with Crippen molar-refractivity contribution in [2.75, 3.05) is 19.6 Å². The number of carbonyl (C=O) groups excluding carboxylic acids is 2. The highest BCUT2D eigenvalue weighted by Gasteiger charge is 2.24. The minimum Gasteiger partial charge on any atom is -0.352 e. The van der Waals surface area contributed by atoms with E-state index < -0.39 is 6.03 Å². The molecule has 3 amide bonds. The molecule has 1 aliphatic rings. The zero-order valence-electron chi connectivity index (χ0n) is 11.8. The molecule has 1 aromatic carbocycles. The van der Waals surface area contributed by atoms with Gasteiger partial charge in [-0.15, -0.1) is 0 Å². The van der Waals surface area contributed by atoms with Crippen LogP contribution in [0.25, 0.3) is 0 Å². The molecule has 20 heavy (non-hydrogen) atoms. The first-order valence-corrected chi connectivity index (χ1v) is 6.94. The molecule has 0 spiro atoms. The number of rotatable bonds is 3. The van der Waals surface area contributed by atoms with Gasteiger partial charge in [0.1, 0.15) is 0 Å². The molecule has 1 fully saturated rings. The largest absolute Gasteiger partial charge is 0.352 e. The summed E-state index contributed by atoms with van der Waals surface area (Å²) in [5, 5.41) is 2.35. The second-order valence-corrected chi connectivity index (χ2v) is 5.31. The molecule has 1 atom stereocenters. The number of nitrogens with zero attached hydrogens (tertiary/aromatic N) is 1. The molecule has 2 rings (SSSR count). The highest BCUT2D eigenvalue weighted by atomic mass is 16.2. The maximum atomic E-state index is 12.0. The van der Waals surface area contributed by atoms with E-state index >= 15 is 0 Å². The van der Waals surface area contributed by atoms with Gasteiger partial charge in [-0.25, -0.2) is 4.79 Å². The van der Waals surface area contributed by atoms with Crippen molar-refractivity contribution in [2.45, 2.75) is 25.7 Å². The lowest BCUT2D eigenvalue weighted by Gasteiger charge is -2.33. The molecule has 0 saturated carbocycles. The third kappa shape index (κ3) is 3.73. The van der Waals surface area contributed by atoms with Crippen molar-refractivity contribution >= 4 is 11.9 Å². The van der Waals surface area contributed by atoms with E-state index in [2.05, 4.69) is 36.5 Å². The Morgan fingerprint density at radius 2 is 2.25 bits per heavy atom. The summed E-state index contributed by atoms with van der Waals surface area (Å²) in [4.78, 5) is 24.5. The second kappa shape index (κ2) is 6.41. The van der Waals surface area contributed by atoms with Crippen LogP contribution < -0.4 is 11.1 Å². The fraction of sp³-hybridized carbons (Fsp3) is 0.467. The normalized spacial score (nSPS) is 18.6. The molecule has 3 N–H and O–H groups in total. The summed E-state index contributed by atoms with van der Waals surface area (Å²) in [5.41, 5.74) is 7.50. The molecule has 0 aromatic heterocycles. The molecule has 1 aliphatic heterocycles. The van der Waals surface area contributed by atoms with Crippen LogP contribution in [0.2, 0.25) is 0 Å². The van der Waals surface area contributed by atoms with Crippen LogP contribution in [0, 0.1) is 6.92 Å². The minimum atomic E-state index is -0.661. The predicted molar refractivity (Wildman–Crippen MR) is 77.3 cm³/mol. The van der Waals surface area contributed by atoms with Gasteiger partial charge >= 0.3 is 6.03 Å². The molecular weight excluding hydrogens is 254 g/mol. The average molecular weight is 275 g/mol. The lowest BCUT2D eigenvalue weighted by atomic mass is 9.90. The summed E-state index contributed by atoms with van der Waals surface area (Å²) in [5.74, 6) is 0.308. The first-order valence-electron chi connectivity index (χ1n) is 6.94. The lowest BCUT2D eigenvalue weighted by molar-refractivity contribution is -0.131. The fourth-order valence-corrected chi connectivity index (χ4v) is 2.67. The van der Waals surface area contributed by atoms with E-state index in [-0.39, 0.29) is 12.5 Å². The molecule has 5 nitrogen and oxygen atoms in total. The number of likely N-dealkylation sites (tertiary alicyclic amines) is 1. The Labute approximate surface area is 119 Å². The number of primary amides is 1. The summed E-state index contributed by atoms with van der Waals surface area (Å²) >= 11 is 0. The van der Waals surface area contributed by atoms with Gasteiger partial charge in [-0.1, -0.05) is 29.8 Å². The Hall–Kier alpha value is -2.04. The number of hydrogen-bond acceptors (Lipinski definition) is 2. The van der Waals surface area contributed by atoms with Crippen LogP contribution in [0.4, 0.5) is 4.79 Å². The number of hydrogen-bond donors (Lipinski definition) is 2. The molecule has 108 valence electrons. The van der Waals surface area contributed by atoms with Crippen molar-refractivity contribution in [3.05, 3.63) is 35.4 Å². The average Bonchev–Trinajstić information content (AvgIpc) is 2.45. The number of piperidine rings is 1. The Morgan fingerprint density at radius 1 is 1.45 bits per heavy atom. The van der Waals surface area contributed by atoms with E-state index in [4.69, 9.17) is 5.73 Å². The Bertz CT molecular complexity index is 502. The van der Waals surface area contributed by atoms with Gasteiger partial charge in [0.05, 0.1) is 6.54 Å². The molecule has 1 saturated heterocycles. The highest BCUT2D eigenvalue weighted by molar-refractivity contribution is 5.83. The number of amides is 3. The van der Waals surface area contributed by atoms with Gasteiger partial charge in [0.15, 0.2) is 0 Å². The maximum absolute atomic E-state index is 12.0. The van der Waals surface area contributed by atoms with Crippen LogP contribution in [0.1, 0.15) is 29.9 Å². The summed E-state index contributed by atoms with van der Waals surface area (Å²) in [7, 11) is 0. The molecule has 0 unspecified atom stereocenters. The van der Waals surface area contributed by atoms with Crippen LogP contribution in [0.3, 0.4) is 0 Å². The van der Waals surface area contributed by atoms with Crippen LogP contribution in [-0.2, 0) is 4.79 Å². The zero-order chi connectivity index (χ0) is 14.5. The number of nitrogens with one attached hydrogen (secondary N) is 1. The Kier molecular flexibility index (Phi) is 4.61. The minimum absolute atomic E-state index is 0.0180. The van der Waals surface area contributed by atoms with E-state index in [1.807, 2.05) is 4.90 Å². The molecule has 0 bridgehead atoms.